The van der Waals surface area contributed by atoms with Crippen LogP contribution in [0, 0.1) is 5.92 Å². The average molecular weight is 161 g/mol. The third-order valence-corrected chi connectivity index (χ3v) is 2.83. The molecule has 0 saturated carbocycles. The molecule has 1 unspecified atom stereocenters. The van der Waals surface area contributed by atoms with Crippen molar-refractivity contribution in [1.82, 2.24) is 0 Å². The third-order valence-electron chi connectivity index (χ3n) is 1.45. The van der Waals surface area contributed by atoms with Gasteiger partial charge in [-0.25, -0.2) is 0 Å². The quantitative estimate of drug-likeness (QED) is 0.604. The molecule has 0 spiro atoms. The molecule has 0 aromatic carbocycles. The summed E-state index contributed by atoms with van der Waals surface area (Å²) in [7, 11) is 0. The lowest BCUT2D eigenvalue weighted by Crippen LogP contribution is -2.12. The van der Waals surface area contributed by atoms with Gasteiger partial charge >= 0.3 is 0 Å². The van der Waals surface area contributed by atoms with E-state index in [1.807, 2.05) is 11.8 Å². The maximum absolute atomic E-state index is 5.47. The van der Waals surface area contributed by atoms with Gasteiger partial charge in [0.05, 0.1) is 0 Å². The van der Waals surface area contributed by atoms with Crippen LogP contribution in [-0.2, 0) is 0 Å². The normalized spacial score (nSPS) is 13.5. The van der Waals surface area contributed by atoms with Gasteiger partial charge in [-0.1, -0.05) is 20.3 Å². The van der Waals surface area contributed by atoms with Crippen LogP contribution in [0.4, 0.5) is 0 Å². The maximum atomic E-state index is 5.47. The molecule has 1 nitrogen and oxygen atoms in total. The van der Waals surface area contributed by atoms with Crippen LogP contribution in [0.5, 0.6) is 0 Å². The minimum absolute atomic E-state index is 0.696. The summed E-state index contributed by atoms with van der Waals surface area (Å²) in [5.41, 5.74) is 5.47. The van der Waals surface area contributed by atoms with E-state index in [1.165, 1.54) is 24.3 Å². The fourth-order valence-corrected chi connectivity index (χ4v) is 1.80. The molecule has 0 amide bonds. The lowest BCUT2D eigenvalue weighted by atomic mass is 10.2. The first kappa shape index (κ1) is 10.3. The van der Waals surface area contributed by atoms with Crippen molar-refractivity contribution in [3.8, 4) is 0 Å². The van der Waals surface area contributed by atoms with Crippen molar-refractivity contribution >= 4 is 11.8 Å². The standard InChI is InChI=1S/C8H19NS/c1-3-4-5-10-7-8(2)6-9/h8H,3-7,9H2,1-2H3. The molecular formula is C8H19NS. The number of hydrogen-bond acceptors (Lipinski definition) is 2. The Morgan fingerprint density at radius 3 is 2.70 bits per heavy atom. The maximum Gasteiger partial charge on any atom is -0.00297 e. The molecule has 0 aromatic heterocycles. The molecule has 0 aliphatic rings. The Morgan fingerprint density at radius 1 is 1.50 bits per heavy atom. The van der Waals surface area contributed by atoms with Gasteiger partial charge < -0.3 is 5.73 Å². The van der Waals surface area contributed by atoms with Crippen LogP contribution in [0.2, 0.25) is 0 Å². The van der Waals surface area contributed by atoms with Crippen molar-refractivity contribution in [2.75, 3.05) is 18.1 Å². The van der Waals surface area contributed by atoms with E-state index in [0.29, 0.717) is 5.92 Å². The summed E-state index contributed by atoms with van der Waals surface area (Å²) in [5.74, 6) is 3.24. The molecule has 0 aromatic rings. The largest absolute Gasteiger partial charge is 0.330 e. The van der Waals surface area contributed by atoms with Crippen molar-refractivity contribution in [2.24, 2.45) is 11.7 Å². The molecule has 1 atom stereocenters. The summed E-state index contributed by atoms with van der Waals surface area (Å²) in [4.78, 5) is 0. The minimum atomic E-state index is 0.696. The van der Waals surface area contributed by atoms with Crippen LogP contribution in [0.3, 0.4) is 0 Å². The summed E-state index contributed by atoms with van der Waals surface area (Å²) < 4.78 is 0. The molecule has 0 heterocycles. The van der Waals surface area contributed by atoms with Crippen molar-refractivity contribution in [2.45, 2.75) is 26.7 Å². The van der Waals surface area contributed by atoms with Gasteiger partial charge in [0.25, 0.3) is 0 Å². The Hall–Kier alpha value is 0.310. The highest BCUT2D eigenvalue weighted by Gasteiger charge is 1.97. The number of unbranched alkanes of at least 4 members (excludes halogenated alkanes) is 1. The van der Waals surface area contributed by atoms with E-state index in [-0.39, 0.29) is 0 Å². The highest BCUT2D eigenvalue weighted by Crippen LogP contribution is 2.08. The summed E-state index contributed by atoms with van der Waals surface area (Å²) in [6, 6.07) is 0. The lowest BCUT2D eigenvalue weighted by molar-refractivity contribution is 0.675. The Kier molecular flexibility index (Phi) is 7.65. The number of hydrogen-bond donors (Lipinski definition) is 1. The zero-order valence-corrected chi connectivity index (χ0v) is 7.91. The summed E-state index contributed by atoms with van der Waals surface area (Å²) in [6.07, 6.45) is 2.66. The smallest absolute Gasteiger partial charge is 0.00297 e. The topological polar surface area (TPSA) is 26.0 Å². The van der Waals surface area contributed by atoms with Crippen molar-refractivity contribution in [3.63, 3.8) is 0 Å². The molecule has 0 fully saturated rings. The first-order chi connectivity index (χ1) is 4.81. The summed E-state index contributed by atoms with van der Waals surface area (Å²) >= 11 is 2.03. The average Bonchev–Trinajstić information content (AvgIpc) is 1.98. The second kappa shape index (κ2) is 7.42. The third kappa shape index (κ3) is 6.43. The van der Waals surface area contributed by atoms with Crippen molar-refractivity contribution < 1.29 is 0 Å². The van der Waals surface area contributed by atoms with E-state index >= 15 is 0 Å². The van der Waals surface area contributed by atoms with Crippen molar-refractivity contribution in [3.05, 3.63) is 0 Å². The van der Waals surface area contributed by atoms with E-state index < -0.39 is 0 Å². The van der Waals surface area contributed by atoms with Gasteiger partial charge in [-0.05, 0) is 30.4 Å². The van der Waals surface area contributed by atoms with Gasteiger partial charge in [-0.2, -0.15) is 11.8 Å². The highest BCUT2D eigenvalue weighted by molar-refractivity contribution is 7.99. The predicted octanol–water partition coefficient (Wildman–Crippen LogP) is 2.11. The van der Waals surface area contributed by atoms with Crippen LogP contribution in [0.15, 0.2) is 0 Å². The first-order valence-corrected chi connectivity index (χ1v) is 5.24. The zero-order valence-electron chi connectivity index (χ0n) is 7.10. The summed E-state index contributed by atoms with van der Waals surface area (Å²) in [6.45, 7) is 5.27. The monoisotopic (exact) mass is 161 g/mol. The molecule has 0 bridgehead atoms. The molecule has 0 rings (SSSR count). The van der Waals surface area contributed by atoms with Crippen LogP contribution in [0.25, 0.3) is 0 Å². The van der Waals surface area contributed by atoms with Gasteiger partial charge in [0.15, 0.2) is 0 Å². The fraction of sp³-hybridized carbons (Fsp3) is 1.00. The van der Waals surface area contributed by atoms with E-state index in [4.69, 9.17) is 5.73 Å². The molecule has 0 aliphatic heterocycles. The molecule has 0 saturated heterocycles. The Balaban J connectivity index is 2.89. The molecule has 2 N–H and O–H groups in total. The van der Waals surface area contributed by atoms with Gasteiger partial charge in [-0.15, -0.1) is 0 Å². The Bertz CT molecular complexity index is 66.3. The number of nitrogens with two attached hydrogens (primary N) is 1. The van der Waals surface area contributed by atoms with Crippen LogP contribution >= 0.6 is 11.8 Å². The predicted molar refractivity (Wildman–Crippen MR) is 50.5 cm³/mol. The SMILES string of the molecule is CCCCSCC(C)CN. The Labute approximate surface area is 68.8 Å². The van der Waals surface area contributed by atoms with Gasteiger partial charge in [-0.3, -0.25) is 0 Å². The first-order valence-electron chi connectivity index (χ1n) is 4.09. The molecule has 62 valence electrons. The second-order valence-electron chi connectivity index (χ2n) is 2.77. The zero-order chi connectivity index (χ0) is 7.82. The van der Waals surface area contributed by atoms with E-state index in [1.54, 1.807) is 0 Å². The second-order valence-corrected chi connectivity index (χ2v) is 3.92. The highest BCUT2D eigenvalue weighted by atomic mass is 32.2. The van der Waals surface area contributed by atoms with E-state index in [2.05, 4.69) is 13.8 Å². The van der Waals surface area contributed by atoms with Crippen LogP contribution in [0.1, 0.15) is 26.7 Å². The summed E-state index contributed by atoms with van der Waals surface area (Å²) in [5, 5.41) is 0. The van der Waals surface area contributed by atoms with Crippen molar-refractivity contribution in [1.29, 1.82) is 0 Å². The number of thioether (sulfide) groups is 1. The van der Waals surface area contributed by atoms with Gasteiger partial charge in [0.2, 0.25) is 0 Å². The van der Waals surface area contributed by atoms with Gasteiger partial charge in [0, 0.05) is 0 Å². The van der Waals surface area contributed by atoms with Crippen LogP contribution in [-0.4, -0.2) is 18.1 Å². The van der Waals surface area contributed by atoms with Gasteiger partial charge in [0.1, 0.15) is 0 Å². The molecule has 0 radical (unpaired) electrons. The minimum Gasteiger partial charge on any atom is -0.330 e. The molecule has 0 aliphatic carbocycles. The van der Waals surface area contributed by atoms with E-state index in [0.717, 1.165) is 6.54 Å². The Morgan fingerprint density at radius 2 is 2.20 bits per heavy atom. The fourth-order valence-electron chi connectivity index (χ4n) is 0.599. The lowest BCUT2D eigenvalue weighted by Gasteiger charge is -2.06. The molecule has 2 heteroatoms. The molecule has 10 heavy (non-hydrogen) atoms. The van der Waals surface area contributed by atoms with E-state index in [9.17, 15) is 0 Å². The van der Waals surface area contributed by atoms with Crippen LogP contribution < -0.4 is 5.73 Å². The molecular weight excluding hydrogens is 142 g/mol. The number of rotatable bonds is 6.